The average molecular weight is 246 g/mol. The highest BCUT2D eigenvalue weighted by Gasteiger charge is 2.11. The molecule has 2 rings (SSSR count). The summed E-state index contributed by atoms with van der Waals surface area (Å²) >= 11 is 0. The van der Waals surface area contributed by atoms with Crippen LogP contribution in [-0.4, -0.2) is 6.04 Å². The lowest BCUT2D eigenvalue weighted by molar-refractivity contribution is 0.471. The van der Waals surface area contributed by atoms with Gasteiger partial charge in [-0.3, -0.25) is 0 Å². The molecule has 1 aliphatic carbocycles. The molecular weight excluding hydrogens is 227 g/mol. The van der Waals surface area contributed by atoms with Gasteiger partial charge in [0.1, 0.15) is 5.82 Å². The van der Waals surface area contributed by atoms with Crippen LogP contribution in [-0.2, 0) is 0 Å². The van der Waals surface area contributed by atoms with E-state index in [2.05, 4.69) is 5.32 Å². The van der Waals surface area contributed by atoms with Gasteiger partial charge in [0.05, 0.1) is 11.6 Å². The number of halogens is 1. The molecule has 0 saturated heterocycles. The minimum atomic E-state index is -0.345. The van der Waals surface area contributed by atoms with Crippen molar-refractivity contribution in [3.63, 3.8) is 0 Å². The summed E-state index contributed by atoms with van der Waals surface area (Å²) in [7, 11) is 0. The first-order valence-electron chi connectivity index (χ1n) is 6.75. The van der Waals surface area contributed by atoms with Crippen LogP contribution in [0.15, 0.2) is 18.2 Å². The summed E-state index contributed by atoms with van der Waals surface area (Å²) in [6.45, 7) is 0. The van der Waals surface area contributed by atoms with E-state index < -0.39 is 0 Å². The molecule has 0 heterocycles. The van der Waals surface area contributed by atoms with Gasteiger partial charge in [0, 0.05) is 11.7 Å². The van der Waals surface area contributed by atoms with Gasteiger partial charge in [-0.25, -0.2) is 4.39 Å². The van der Waals surface area contributed by atoms with Crippen molar-refractivity contribution in [1.82, 2.24) is 0 Å². The van der Waals surface area contributed by atoms with Crippen molar-refractivity contribution in [3.8, 4) is 6.07 Å². The molecule has 96 valence electrons. The maximum Gasteiger partial charge on any atom is 0.126 e. The smallest absolute Gasteiger partial charge is 0.126 e. The highest BCUT2D eigenvalue weighted by atomic mass is 19.1. The van der Waals surface area contributed by atoms with Crippen LogP contribution in [0, 0.1) is 17.1 Å². The third kappa shape index (κ3) is 3.73. The van der Waals surface area contributed by atoms with Crippen molar-refractivity contribution in [2.45, 2.75) is 51.0 Å². The van der Waals surface area contributed by atoms with E-state index in [4.69, 9.17) is 5.26 Å². The first-order valence-corrected chi connectivity index (χ1v) is 6.75. The second-order valence-corrected chi connectivity index (χ2v) is 5.03. The predicted octanol–water partition coefficient (Wildman–Crippen LogP) is 4.22. The van der Waals surface area contributed by atoms with Crippen molar-refractivity contribution in [2.75, 3.05) is 5.32 Å². The van der Waals surface area contributed by atoms with E-state index in [-0.39, 0.29) is 5.82 Å². The number of nitrogens with one attached hydrogen (secondary N) is 1. The summed E-state index contributed by atoms with van der Waals surface area (Å²) in [5.74, 6) is -0.345. The van der Waals surface area contributed by atoms with Crippen LogP contribution >= 0.6 is 0 Å². The lowest BCUT2D eigenvalue weighted by Gasteiger charge is -2.22. The fourth-order valence-electron chi connectivity index (χ4n) is 2.57. The van der Waals surface area contributed by atoms with E-state index >= 15 is 0 Å². The van der Waals surface area contributed by atoms with Crippen molar-refractivity contribution < 1.29 is 4.39 Å². The first-order chi connectivity index (χ1) is 8.78. The molecule has 0 atom stereocenters. The second kappa shape index (κ2) is 6.39. The molecule has 0 amide bonds. The van der Waals surface area contributed by atoms with Crippen LogP contribution in [0.2, 0.25) is 0 Å². The molecular formula is C15H19FN2. The molecule has 0 aromatic heterocycles. The molecule has 0 bridgehead atoms. The third-order valence-corrected chi connectivity index (χ3v) is 3.50. The Balaban J connectivity index is 2.03. The zero-order valence-electron chi connectivity index (χ0n) is 10.6. The molecule has 2 nitrogen and oxygen atoms in total. The highest BCUT2D eigenvalue weighted by Crippen LogP contribution is 2.22. The first kappa shape index (κ1) is 12.9. The number of anilines is 1. The largest absolute Gasteiger partial charge is 0.382 e. The van der Waals surface area contributed by atoms with Crippen molar-refractivity contribution in [2.24, 2.45) is 0 Å². The van der Waals surface area contributed by atoms with Crippen molar-refractivity contribution in [1.29, 1.82) is 5.26 Å². The van der Waals surface area contributed by atoms with E-state index in [0.717, 1.165) is 18.5 Å². The summed E-state index contributed by atoms with van der Waals surface area (Å²) in [4.78, 5) is 0. The number of nitrogens with zero attached hydrogens (tertiary/aromatic N) is 1. The molecule has 0 radical (unpaired) electrons. The SMILES string of the molecule is N#Cc1cc(F)cc(NC2CCCCCCC2)c1. The van der Waals surface area contributed by atoms with E-state index in [1.54, 1.807) is 6.07 Å². The number of hydrogen-bond acceptors (Lipinski definition) is 2. The molecule has 0 aliphatic heterocycles. The standard InChI is InChI=1S/C15H19FN2/c16-13-8-12(11-17)9-15(10-13)18-14-6-4-2-1-3-5-7-14/h8-10,14,18H,1-7H2. The monoisotopic (exact) mass is 246 g/mol. The van der Waals surface area contributed by atoms with E-state index in [1.165, 1.54) is 44.2 Å². The maximum atomic E-state index is 13.3. The molecule has 1 aromatic rings. The normalized spacial score (nSPS) is 17.6. The van der Waals surface area contributed by atoms with Crippen molar-refractivity contribution in [3.05, 3.63) is 29.6 Å². The molecule has 1 aromatic carbocycles. The van der Waals surface area contributed by atoms with Gasteiger partial charge in [-0.1, -0.05) is 32.1 Å². The molecule has 1 fully saturated rings. The quantitative estimate of drug-likeness (QED) is 0.848. The van der Waals surface area contributed by atoms with Crippen LogP contribution in [0.4, 0.5) is 10.1 Å². The zero-order valence-corrected chi connectivity index (χ0v) is 10.6. The van der Waals surface area contributed by atoms with Crippen LogP contribution < -0.4 is 5.32 Å². The fraction of sp³-hybridized carbons (Fsp3) is 0.533. The van der Waals surface area contributed by atoms with Gasteiger partial charge in [0.15, 0.2) is 0 Å². The Morgan fingerprint density at radius 2 is 1.72 bits per heavy atom. The predicted molar refractivity (Wildman–Crippen MR) is 70.8 cm³/mol. The van der Waals surface area contributed by atoms with Gasteiger partial charge in [0.2, 0.25) is 0 Å². The summed E-state index contributed by atoms with van der Waals surface area (Å²) in [5, 5.41) is 12.2. The Morgan fingerprint density at radius 1 is 1.06 bits per heavy atom. The Hall–Kier alpha value is -1.56. The topological polar surface area (TPSA) is 35.8 Å². The van der Waals surface area contributed by atoms with Gasteiger partial charge in [-0.15, -0.1) is 0 Å². The van der Waals surface area contributed by atoms with Crippen molar-refractivity contribution >= 4 is 5.69 Å². The number of rotatable bonds is 2. The Bertz CT molecular complexity index is 429. The average Bonchev–Trinajstić information content (AvgIpc) is 2.31. The zero-order chi connectivity index (χ0) is 12.8. The summed E-state index contributed by atoms with van der Waals surface area (Å²) in [6, 6.07) is 6.87. The van der Waals surface area contributed by atoms with Crippen LogP contribution in [0.5, 0.6) is 0 Å². The van der Waals surface area contributed by atoms with Gasteiger partial charge >= 0.3 is 0 Å². The molecule has 1 N–H and O–H groups in total. The fourth-order valence-corrected chi connectivity index (χ4v) is 2.57. The lowest BCUT2D eigenvalue weighted by Crippen LogP contribution is -2.20. The summed E-state index contributed by atoms with van der Waals surface area (Å²) in [6.07, 6.45) is 8.67. The molecule has 0 spiro atoms. The maximum absolute atomic E-state index is 13.3. The number of nitriles is 1. The Morgan fingerprint density at radius 3 is 2.39 bits per heavy atom. The molecule has 1 aliphatic rings. The minimum absolute atomic E-state index is 0.345. The van der Waals surface area contributed by atoms with Gasteiger partial charge in [-0.2, -0.15) is 5.26 Å². The number of hydrogen-bond donors (Lipinski definition) is 1. The highest BCUT2D eigenvalue weighted by molar-refractivity contribution is 5.50. The Kier molecular flexibility index (Phi) is 4.58. The van der Waals surface area contributed by atoms with E-state index in [0.29, 0.717) is 11.6 Å². The van der Waals surface area contributed by atoms with Gasteiger partial charge in [0.25, 0.3) is 0 Å². The third-order valence-electron chi connectivity index (χ3n) is 3.50. The van der Waals surface area contributed by atoms with E-state index in [9.17, 15) is 4.39 Å². The van der Waals surface area contributed by atoms with Crippen LogP contribution in [0.1, 0.15) is 50.5 Å². The summed E-state index contributed by atoms with van der Waals surface area (Å²) in [5.41, 5.74) is 1.11. The molecule has 0 unspecified atom stereocenters. The minimum Gasteiger partial charge on any atom is -0.382 e. The molecule has 3 heteroatoms. The molecule has 1 saturated carbocycles. The van der Waals surface area contributed by atoms with Crippen LogP contribution in [0.3, 0.4) is 0 Å². The summed E-state index contributed by atoms with van der Waals surface area (Å²) < 4.78 is 13.3. The Labute approximate surface area is 108 Å². The van der Waals surface area contributed by atoms with E-state index in [1.807, 2.05) is 6.07 Å². The molecule has 18 heavy (non-hydrogen) atoms. The second-order valence-electron chi connectivity index (χ2n) is 5.03. The van der Waals surface area contributed by atoms with Crippen LogP contribution in [0.25, 0.3) is 0 Å². The van der Waals surface area contributed by atoms with Gasteiger partial charge < -0.3 is 5.32 Å². The number of benzene rings is 1. The van der Waals surface area contributed by atoms with Gasteiger partial charge in [-0.05, 0) is 31.0 Å². The lowest BCUT2D eigenvalue weighted by atomic mass is 9.96.